The van der Waals surface area contributed by atoms with Gasteiger partial charge in [0.2, 0.25) is 0 Å². The molecule has 2 rings (SSSR count). The van der Waals surface area contributed by atoms with E-state index in [0.29, 0.717) is 19.0 Å². The Morgan fingerprint density at radius 3 is 2.71 bits per heavy atom. The Hall–Kier alpha value is -1.43. The lowest BCUT2D eigenvalue weighted by atomic mass is 10.0. The first-order valence-corrected chi connectivity index (χ1v) is 7.07. The molecule has 1 saturated heterocycles. The van der Waals surface area contributed by atoms with Gasteiger partial charge >= 0.3 is 12.2 Å². The van der Waals surface area contributed by atoms with Gasteiger partial charge in [0.1, 0.15) is 0 Å². The maximum Gasteiger partial charge on any atom is 0.416 e. The monoisotopic (exact) mass is 320 g/mol. The fourth-order valence-corrected chi connectivity index (χ4v) is 2.64. The van der Waals surface area contributed by atoms with Crippen LogP contribution in [0.2, 0.25) is 5.02 Å². The van der Waals surface area contributed by atoms with Crippen LogP contribution in [0.3, 0.4) is 0 Å². The van der Waals surface area contributed by atoms with E-state index in [0.717, 1.165) is 25.0 Å². The van der Waals surface area contributed by atoms with Crippen LogP contribution in [0.25, 0.3) is 0 Å². The summed E-state index contributed by atoms with van der Waals surface area (Å²) in [4.78, 5) is 13.7. The predicted octanol–water partition coefficient (Wildman–Crippen LogP) is 4.62. The fraction of sp³-hybridized carbons (Fsp3) is 0.500. The van der Waals surface area contributed by atoms with Crippen molar-refractivity contribution in [1.29, 1.82) is 0 Å². The minimum Gasteiger partial charge on any atom is -0.324 e. The van der Waals surface area contributed by atoms with E-state index in [1.165, 1.54) is 6.07 Å². The molecule has 0 radical (unpaired) electrons. The largest absolute Gasteiger partial charge is 0.416 e. The highest BCUT2D eigenvalue weighted by Crippen LogP contribution is 2.33. The van der Waals surface area contributed by atoms with Crippen LogP contribution in [-0.2, 0) is 6.18 Å². The molecule has 0 bridgehead atoms. The highest BCUT2D eigenvalue weighted by molar-refractivity contribution is 6.31. The number of rotatable bonds is 1. The number of anilines is 1. The van der Waals surface area contributed by atoms with Crippen LogP contribution in [-0.4, -0.2) is 24.0 Å². The zero-order chi connectivity index (χ0) is 15.6. The molecular formula is C14H16ClF3N2O. The number of halogens is 4. The van der Waals surface area contributed by atoms with Crippen LogP contribution in [0.1, 0.15) is 25.3 Å². The molecule has 2 amide bonds. The van der Waals surface area contributed by atoms with E-state index in [1.54, 1.807) is 4.90 Å². The summed E-state index contributed by atoms with van der Waals surface area (Å²) < 4.78 is 38.1. The summed E-state index contributed by atoms with van der Waals surface area (Å²) in [5, 5.41) is 2.43. The molecular weight excluding hydrogens is 305 g/mol. The number of benzene rings is 1. The maximum atomic E-state index is 12.7. The summed E-state index contributed by atoms with van der Waals surface area (Å²) in [5.41, 5.74) is -0.824. The van der Waals surface area contributed by atoms with E-state index < -0.39 is 17.8 Å². The highest BCUT2D eigenvalue weighted by atomic mass is 35.5. The molecule has 1 aliphatic heterocycles. The Kier molecular flexibility index (Phi) is 4.66. The van der Waals surface area contributed by atoms with Crippen molar-refractivity contribution >= 4 is 23.3 Å². The Morgan fingerprint density at radius 2 is 2.10 bits per heavy atom. The van der Waals surface area contributed by atoms with E-state index >= 15 is 0 Å². The highest BCUT2D eigenvalue weighted by Gasteiger charge is 2.31. The van der Waals surface area contributed by atoms with E-state index in [2.05, 4.69) is 5.32 Å². The molecule has 1 aromatic carbocycles. The van der Waals surface area contributed by atoms with Gasteiger partial charge in [-0.2, -0.15) is 13.2 Å². The van der Waals surface area contributed by atoms with Crippen LogP contribution >= 0.6 is 11.6 Å². The molecule has 7 heteroatoms. The van der Waals surface area contributed by atoms with Crippen LogP contribution in [0, 0.1) is 5.92 Å². The molecule has 21 heavy (non-hydrogen) atoms. The molecule has 1 fully saturated rings. The van der Waals surface area contributed by atoms with Crippen LogP contribution in [0.15, 0.2) is 18.2 Å². The van der Waals surface area contributed by atoms with Crippen molar-refractivity contribution in [3.63, 3.8) is 0 Å². The summed E-state index contributed by atoms with van der Waals surface area (Å²) >= 11 is 5.68. The minimum atomic E-state index is -4.50. The molecule has 1 atom stereocenters. The van der Waals surface area contributed by atoms with Gasteiger partial charge in [-0.25, -0.2) is 4.79 Å². The summed E-state index contributed by atoms with van der Waals surface area (Å²) in [6, 6.07) is 2.64. The smallest absolute Gasteiger partial charge is 0.324 e. The lowest BCUT2D eigenvalue weighted by Crippen LogP contribution is -2.41. The second-order valence-electron chi connectivity index (χ2n) is 5.35. The normalized spacial score (nSPS) is 19.5. The third kappa shape index (κ3) is 4.27. The number of amides is 2. The SMILES string of the molecule is CC1CCCN(C(=O)Nc2cc(Cl)cc(C(F)(F)F)c2)C1. The first kappa shape index (κ1) is 15.9. The zero-order valence-electron chi connectivity index (χ0n) is 11.5. The maximum absolute atomic E-state index is 12.7. The summed E-state index contributed by atoms with van der Waals surface area (Å²) in [6.45, 7) is 3.27. The Balaban J connectivity index is 2.12. The number of carbonyl (C=O) groups excluding carboxylic acids is 1. The second-order valence-corrected chi connectivity index (χ2v) is 5.79. The topological polar surface area (TPSA) is 32.3 Å². The number of piperidine rings is 1. The van der Waals surface area contributed by atoms with Crippen molar-refractivity contribution in [2.24, 2.45) is 5.92 Å². The van der Waals surface area contributed by atoms with Gasteiger partial charge in [-0.15, -0.1) is 0 Å². The lowest BCUT2D eigenvalue weighted by molar-refractivity contribution is -0.137. The molecule has 3 nitrogen and oxygen atoms in total. The minimum absolute atomic E-state index is 0.0538. The molecule has 1 N–H and O–H groups in total. The molecule has 116 valence electrons. The fourth-order valence-electron chi connectivity index (χ4n) is 2.40. The van der Waals surface area contributed by atoms with E-state index in [-0.39, 0.29) is 10.7 Å². The van der Waals surface area contributed by atoms with Crippen molar-refractivity contribution in [2.45, 2.75) is 25.9 Å². The Labute approximate surface area is 126 Å². The standard InChI is InChI=1S/C14H16ClF3N2O/c1-9-3-2-4-20(8-9)13(21)19-12-6-10(14(16,17)18)5-11(15)7-12/h5-7,9H,2-4,8H2,1H3,(H,19,21). The number of nitrogens with one attached hydrogen (secondary N) is 1. The predicted molar refractivity (Wildman–Crippen MR) is 75.4 cm³/mol. The number of likely N-dealkylation sites (tertiary alicyclic amines) is 1. The van der Waals surface area contributed by atoms with Gasteiger partial charge in [0.15, 0.2) is 0 Å². The number of nitrogens with zero attached hydrogens (tertiary/aromatic N) is 1. The first-order chi connectivity index (χ1) is 9.75. The molecule has 1 unspecified atom stereocenters. The summed E-state index contributed by atoms with van der Waals surface area (Å²) in [7, 11) is 0. The summed E-state index contributed by atoms with van der Waals surface area (Å²) in [5.74, 6) is 0.398. The molecule has 0 aromatic heterocycles. The van der Waals surface area contributed by atoms with Gasteiger partial charge in [0.05, 0.1) is 5.56 Å². The van der Waals surface area contributed by atoms with Gasteiger partial charge in [0.25, 0.3) is 0 Å². The average molecular weight is 321 g/mol. The van der Waals surface area contributed by atoms with Crippen molar-refractivity contribution in [2.75, 3.05) is 18.4 Å². The number of carbonyl (C=O) groups is 1. The van der Waals surface area contributed by atoms with Crippen molar-refractivity contribution in [3.05, 3.63) is 28.8 Å². The summed E-state index contributed by atoms with van der Waals surface area (Å²) in [6.07, 6.45) is -2.54. The first-order valence-electron chi connectivity index (χ1n) is 6.69. The second kappa shape index (κ2) is 6.13. The number of hydrogen-bond donors (Lipinski definition) is 1. The third-order valence-corrected chi connectivity index (χ3v) is 3.64. The third-order valence-electron chi connectivity index (χ3n) is 3.42. The molecule has 0 saturated carbocycles. The molecule has 0 spiro atoms. The van der Waals surface area contributed by atoms with Crippen LogP contribution < -0.4 is 5.32 Å². The molecule has 1 heterocycles. The van der Waals surface area contributed by atoms with E-state index in [9.17, 15) is 18.0 Å². The van der Waals surface area contributed by atoms with Crippen molar-refractivity contribution < 1.29 is 18.0 Å². The molecule has 0 aliphatic carbocycles. The zero-order valence-corrected chi connectivity index (χ0v) is 12.3. The van der Waals surface area contributed by atoms with Gasteiger partial charge in [-0.05, 0) is 37.0 Å². The van der Waals surface area contributed by atoms with Gasteiger partial charge < -0.3 is 10.2 Å². The number of alkyl halides is 3. The Bertz CT molecular complexity index is 533. The molecule has 1 aromatic rings. The number of hydrogen-bond acceptors (Lipinski definition) is 1. The van der Waals surface area contributed by atoms with Gasteiger partial charge in [-0.1, -0.05) is 18.5 Å². The van der Waals surface area contributed by atoms with Crippen molar-refractivity contribution in [3.8, 4) is 0 Å². The lowest BCUT2D eigenvalue weighted by Gasteiger charge is -2.31. The van der Waals surface area contributed by atoms with E-state index in [4.69, 9.17) is 11.6 Å². The van der Waals surface area contributed by atoms with Crippen molar-refractivity contribution in [1.82, 2.24) is 4.90 Å². The molecule has 1 aliphatic rings. The van der Waals surface area contributed by atoms with Gasteiger partial charge in [0, 0.05) is 23.8 Å². The average Bonchev–Trinajstić information content (AvgIpc) is 2.37. The van der Waals surface area contributed by atoms with E-state index in [1.807, 2.05) is 6.92 Å². The van der Waals surface area contributed by atoms with Crippen LogP contribution in [0.5, 0.6) is 0 Å². The quantitative estimate of drug-likeness (QED) is 0.804. The van der Waals surface area contributed by atoms with Crippen LogP contribution in [0.4, 0.5) is 23.7 Å². The Morgan fingerprint density at radius 1 is 1.38 bits per heavy atom. The number of urea groups is 1. The van der Waals surface area contributed by atoms with Gasteiger partial charge in [-0.3, -0.25) is 0 Å².